The van der Waals surface area contributed by atoms with Gasteiger partial charge in [-0.05, 0) is 69.9 Å². The van der Waals surface area contributed by atoms with Gasteiger partial charge in [0.15, 0.2) is 0 Å². The van der Waals surface area contributed by atoms with Gasteiger partial charge in [0.2, 0.25) is 0 Å². The second-order valence-electron chi connectivity index (χ2n) is 9.14. The first kappa shape index (κ1) is 21.3. The van der Waals surface area contributed by atoms with E-state index in [1.165, 1.54) is 0 Å². The fourth-order valence-electron chi connectivity index (χ4n) is 4.45. The molecule has 1 aliphatic rings. The van der Waals surface area contributed by atoms with Crippen LogP contribution in [0.4, 0.5) is 0 Å². The molecule has 3 N–H and O–H groups in total. The molecule has 0 unspecified atom stereocenters. The van der Waals surface area contributed by atoms with E-state index < -0.39 is 0 Å². The van der Waals surface area contributed by atoms with Crippen LogP contribution in [0.15, 0.2) is 55.0 Å². The number of carbonyl (C=O) groups excluding carboxylic acids is 1. The number of rotatable bonds is 4. The summed E-state index contributed by atoms with van der Waals surface area (Å²) in [6.45, 7) is 4.01. The number of ether oxygens (including phenoxy) is 1. The van der Waals surface area contributed by atoms with Crippen LogP contribution in [0.25, 0.3) is 33.5 Å². The average Bonchev–Trinajstić information content (AvgIpc) is 3.30. The van der Waals surface area contributed by atoms with Crippen LogP contribution in [-0.2, 0) is 4.74 Å². The van der Waals surface area contributed by atoms with Crippen LogP contribution < -0.4 is 5.73 Å². The van der Waals surface area contributed by atoms with Gasteiger partial charge < -0.3 is 15.5 Å². The van der Waals surface area contributed by atoms with Crippen molar-refractivity contribution in [1.29, 1.82) is 0 Å². The van der Waals surface area contributed by atoms with E-state index in [9.17, 15) is 4.79 Å². The third-order valence-corrected chi connectivity index (χ3v) is 6.37. The number of esters is 1. The first-order chi connectivity index (χ1) is 15.9. The first-order valence-electron chi connectivity index (χ1n) is 11.3. The first-order valence-corrected chi connectivity index (χ1v) is 11.3. The Bertz CT molecular complexity index is 1320. The van der Waals surface area contributed by atoms with Crippen molar-refractivity contribution in [2.45, 2.75) is 51.2 Å². The summed E-state index contributed by atoms with van der Waals surface area (Å²) in [7, 11) is 0. The Labute approximate surface area is 192 Å². The number of benzene rings is 1. The monoisotopic (exact) mass is 441 g/mol. The quantitative estimate of drug-likeness (QED) is 0.440. The predicted molar refractivity (Wildman–Crippen MR) is 128 cm³/mol. The molecule has 5 rings (SSSR count). The SMILES string of the molecule is Cc1cccc(-c2[nH]cnc2-c2ccc3nccc(C(=O)O[C@H]4CC[C@@](C)(N)CC4)c3c2)n1. The van der Waals surface area contributed by atoms with Gasteiger partial charge in [-0.15, -0.1) is 0 Å². The topological polar surface area (TPSA) is 107 Å². The molecule has 3 aromatic heterocycles. The predicted octanol–water partition coefficient (Wildman–Crippen LogP) is 4.81. The molecule has 0 bridgehead atoms. The van der Waals surface area contributed by atoms with Crippen molar-refractivity contribution in [3.63, 3.8) is 0 Å². The van der Waals surface area contributed by atoms with Gasteiger partial charge in [0.05, 0.1) is 34.5 Å². The Kier molecular flexibility index (Phi) is 5.42. The van der Waals surface area contributed by atoms with Gasteiger partial charge in [-0.2, -0.15) is 0 Å². The minimum atomic E-state index is -0.326. The number of aromatic amines is 1. The molecule has 1 aromatic carbocycles. The number of nitrogens with zero attached hydrogens (tertiary/aromatic N) is 3. The highest BCUT2D eigenvalue weighted by molar-refractivity contribution is 6.04. The molecular formula is C26H27N5O2. The van der Waals surface area contributed by atoms with Crippen LogP contribution in [0.1, 0.15) is 48.7 Å². The molecule has 1 saturated carbocycles. The van der Waals surface area contributed by atoms with E-state index in [1.807, 2.05) is 43.3 Å². The summed E-state index contributed by atoms with van der Waals surface area (Å²) in [5.41, 5.74) is 11.5. The number of imidazole rings is 1. The summed E-state index contributed by atoms with van der Waals surface area (Å²) in [4.78, 5) is 29.9. The standard InChI is InChI=1S/C26H27N5O2/c1-16-4-3-5-22(31-16)24-23(29-15-30-24)17-6-7-21-20(14-17)19(10-13-28-21)25(32)33-18-8-11-26(2,27)12-9-18/h3-7,10,13-15,18H,8-9,11-12,27H2,1-2H3,(H,29,30)/t18-,26+. The number of hydrogen-bond donors (Lipinski definition) is 2. The van der Waals surface area contributed by atoms with Gasteiger partial charge in [-0.25, -0.2) is 9.78 Å². The van der Waals surface area contributed by atoms with Crippen molar-refractivity contribution >= 4 is 16.9 Å². The molecule has 0 spiro atoms. The number of fused-ring (bicyclic) bond motifs is 1. The second kappa shape index (κ2) is 8.41. The molecule has 3 heterocycles. The maximum absolute atomic E-state index is 13.1. The lowest BCUT2D eigenvalue weighted by Crippen LogP contribution is -2.42. The van der Waals surface area contributed by atoms with Crippen molar-refractivity contribution in [2.24, 2.45) is 5.73 Å². The zero-order chi connectivity index (χ0) is 23.0. The van der Waals surface area contributed by atoms with Crippen molar-refractivity contribution in [3.05, 3.63) is 66.2 Å². The molecule has 1 aliphatic carbocycles. The largest absolute Gasteiger partial charge is 0.459 e. The smallest absolute Gasteiger partial charge is 0.339 e. The Hall–Kier alpha value is -3.58. The molecule has 1 fully saturated rings. The van der Waals surface area contributed by atoms with Crippen LogP contribution >= 0.6 is 0 Å². The maximum atomic E-state index is 13.1. The van der Waals surface area contributed by atoms with Crippen molar-refractivity contribution in [2.75, 3.05) is 0 Å². The molecule has 168 valence electrons. The molecule has 0 radical (unpaired) electrons. The Morgan fingerprint density at radius 3 is 2.76 bits per heavy atom. The van der Waals surface area contributed by atoms with Crippen molar-refractivity contribution in [1.82, 2.24) is 19.9 Å². The molecule has 0 saturated heterocycles. The van der Waals surface area contributed by atoms with Crippen LogP contribution in [0, 0.1) is 6.92 Å². The van der Waals surface area contributed by atoms with E-state index in [1.54, 1.807) is 18.6 Å². The lowest BCUT2D eigenvalue weighted by molar-refractivity contribution is 0.0155. The van der Waals surface area contributed by atoms with Gasteiger partial charge in [0, 0.05) is 28.4 Å². The van der Waals surface area contributed by atoms with E-state index in [0.717, 1.165) is 64.9 Å². The lowest BCUT2D eigenvalue weighted by atomic mass is 9.83. The fourth-order valence-corrected chi connectivity index (χ4v) is 4.45. The van der Waals surface area contributed by atoms with Gasteiger partial charge in [-0.1, -0.05) is 12.1 Å². The normalized spacial score (nSPS) is 20.6. The molecule has 33 heavy (non-hydrogen) atoms. The minimum Gasteiger partial charge on any atom is -0.459 e. The average molecular weight is 442 g/mol. The number of hydrogen-bond acceptors (Lipinski definition) is 6. The van der Waals surface area contributed by atoms with Crippen molar-refractivity contribution in [3.8, 4) is 22.6 Å². The highest BCUT2D eigenvalue weighted by Crippen LogP contribution is 2.32. The number of nitrogens with two attached hydrogens (primary N) is 1. The Morgan fingerprint density at radius 1 is 1.15 bits per heavy atom. The zero-order valence-electron chi connectivity index (χ0n) is 18.8. The van der Waals surface area contributed by atoms with E-state index in [4.69, 9.17) is 10.5 Å². The van der Waals surface area contributed by atoms with Gasteiger partial charge >= 0.3 is 5.97 Å². The highest BCUT2D eigenvalue weighted by Gasteiger charge is 2.30. The number of aromatic nitrogens is 4. The molecule has 0 amide bonds. The second-order valence-corrected chi connectivity index (χ2v) is 9.14. The maximum Gasteiger partial charge on any atom is 0.339 e. The summed E-state index contributed by atoms with van der Waals surface area (Å²) in [5.74, 6) is -0.326. The number of aryl methyl sites for hydroxylation is 1. The number of nitrogens with one attached hydrogen (secondary N) is 1. The third-order valence-electron chi connectivity index (χ3n) is 6.37. The summed E-state index contributed by atoms with van der Waals surface area (Å²) < 4.78 is 5.86. The highest BCUT2D eigenvalue weighted by atomic mass is 16.5. The molecule has 0 atom stereocenters. The third kappa shape index (κ3) is 4.36. The summed E-state index contributed by atoms with van der Waals surface area (Å²) in [6.07, 6.45) is 6.46. The van der Waals surface area contributed by atoms with Crippen molar-refractivity contribution < 1.29 is 9.53 Å². The fraction of sp³-hybridized carbons (Fsp3) is 0.308. The van der Waals surface area contributed by atoms with E-state index in [0.29, 0.717) is 5.56 Å². The molecule has 0 aliphatic heterocycles. The van der Waals surface area contributed by atoms with E-state index in [-0.39, 0.29) is 17.6 Å². The van der Waals surface area contributed by atoms with Crippen LogP contribution in [0.2, 0.25) is 0 Å². The number of H-pyrrole nitrogens is 1. The van der Waals surface area contributed by atoms with Crippen LogP contribution in [0.3, 0.4) is 0 Å². The molecule has 4 aromatic rings. The Balaban J connectivity index is 1.48. The minimum absolute atomic E-state index is 0.106. The van der Waals surface area contributed by atoms with Gasteiger partial charge in [-0.3, -0.25) is 9.97 Å². The summed E-state index contributed by atoms with van der Waals surface area (Å²) >= 11 is 0. The molecule has 7 nitrogen and oxygen atoms in total. The Morgan fingerprint density at radius 2 is 1.97 bits per heavy atom. The number of carbonyl (C=O) groups is 1. The zero-order valence-corrected chi connectivity index (χ0v) is 18.8. The van der Waals surface area contributed by atoms with Gasteiger partial charge in [0.25, 0.3) is 0 Å². The van der Waals surface area contributed by atoms with E-state index >= 15 is 0 Å². The van der Waals surface area contributed by atoms with E-state index in [2.05, 4.69) is 26.9 Å². The molecule has 7 heteroatoms. The summed E-state index contributed by atoms with van der Waals surface area (Å²) in [5, 5.41) is 0.741. The van der Waals surface area contributed by atoms with Crippen LogP contribution in [0.5, 0.6) is 0 Å². The van der Waals surface area contributed by atoms with Crippen LogP contribution in [-0.4, -0.2) is 37.5 Å². The molecular weight excluding hydrogens is 414 g/mol. The number of pyridine rings is 2. The lowest BCUT2D eigenvalue weighted by Gasteiger charge is -2.33. The van der Waals surface area contributed by atoms with Gasteiger partial charge in [0.1, 0.15) is 6.10 Å². The summed E-state index contributed by atoms with van der Waals surface area (Å²) in [6, 6.07) is 13.4.